The third kappa shape index (κ3) is 3.35. The van der Waals surface area contributed by atoms with Gasteiger partial charge in [-0.25, -0.2) is 0 Å². The van der Waals surface area contributed by atoms with Crippen LogP contribution in [0.1, 0.15) is 31.7 Å². The van der Waals surface area contributed by atoms with Crippen LogP contribution in [0.2, 0.25) is 0 Å². The molecule has 0 aromatic carbocycles. The van der Waals surface area contributed by atoms with Crippen LogP contribution < -0.4 is 5.32 Å². The molecule has 1 aliphatic rings. The van der Waals surface area contributed by atoms with Crippen LogP contribution in [0.15, 0.2) is 23.0 Å². The van der Waals surface area contributed by atoms with Crippen molar-refractivity contribution in [3.63, 3.8) is 0 Å². The van der Waals surface area contributed by atoms with Gasteiger partial charge in [0, 0.05) is 30.7 Å². The van der Waals surface area contributed by atoms with E-state index in [1.54, 1.807) is 6.26 Å². The molecule has 0 saturated heterocycles. The van der Waals surface area contributed by atoms with E-state index < -0.39 is 0 Å². The zero-order valence-electron chi connectivity index (χ0n) is 10.3. The molecular weight excluding hydrogens is 200 g/mol. The number of furan rings is 1. The van der Waals surface area contributed by atoms with Crippen molar-refractivity contribution in [1.82, 2.24) is 10.2 Å². The smallest absolute Gasteiger partial charge is 0.0947 e. The van der Waals surface area contributed by atoms with Crippen LogP contribution in [0, 0.1) is 0 Å². The van der Waals surface area contributed by atoms with Crippen LogP contribution in [0.5, 0.6) is 0 Å². The highest BCUT2D eigenvalue weighted by Crippen LogP contribution is 2.19. The van der Waals surface area contributed by atoms with Gasteiger partial charge in [-0.1, -0.05) is 6.92 Å². The monoisotopic (exact) mass is 222 g/mol. The minimum Gasteiger partial charge on any atom is -0.472 e. The summed E-state index contributed by atoms with van der Waals surface area (Å²) in [4.78, 5) is 2.40. The van der Waals surface area contributed by atoms with E-state index in [0.717, 1.165) is 19.1 Å². The van der Waals surface area contributed by atoms with Crippen LogP contribution in [-0.4, -0.2) is 30.6 Å². The zero-order valence-corrected chi connectivity index (χ0v) is 10.3. The first-order chi connectivity index (χ1) is 7.79. The van der Waals surface area contributed by atoms with E-state index in [0.29, 0.717) is 6.04 Å². The molecular formula is C13H22N2O. The lowest BCUT2D eigenvalue weighted by molar-refractivity contribution is 0.220. The van der Waals surface area contributed by atoms with Gasteiger partial charge in [0.2, 0.25) is 0 Å². The van der Waals surface area contributed by atoms with E-state index in [9.17, 15) is 0 Å². The van der Waals surface area contributed by atoms with E-state index in [1.807, 2.05) is 12.3 Å². The van der Waals surface area contributed by atoms with Gasteiger partial charge in [0.15, 0.2) is 0 Å². The van der Waals surface area contributed by atoms with E-state index in [1.165, 1.54) is 24.8 Å². The predicted molar refractivity (Wildman–Crippen MR) is 65.3 cm³/mol. The van der Waals surface area contributed by atoms with Crippen LogP contribution in [0.25, 0.3) is 0 Å². The molecule has 1 saturated carbocycles. The second kappa shape index (κ2) is 5.51. The molecule has 90 valence electrons. The lowest BCUT2D eigenvalue weighted by Gasteiger charge is -2.27. The molecule has 1 aliphatic carbocycles. The van der Waals surface area contributed by atoms with E-state index in [2.05, 4.69) is 24.2 Å². The molecule has 1 unspecified atom stereocenters. The van der Waals surface area contributed by atoms with Crippen LogP contribution in [-0.2, 0) is 6.54 Å². The fraction of sp³-hybridized carbons (Fsp3) is 0.692. The van der Waals surface area contributed by atoms with Crippen molar-refractivity contribution in [1.29, 1.82) is 0 Å². The Bertz CT molecular complexity index is 293. The van der Waals surface area contributed by atoms with Crippen LogP contribution in [0.3, 0.4) is 0 Å². The highest BCUT2D eigenvalue weighted by molar-refractivity contribution is 5.05. The average Bonchev–Trinajstić information content (AvgIpc) is 2.96. The molecule has 2 rings (SSSR count). The average molecular weight is 222 g/mol. The molecule has 0 radical (unpaired) electrons. The molecule has 3 nitrogen and oxygen atoms in total. The Labute approximate surface area is 97.8 Å². The molecule has 1 N–H and O–H groups in total. The third-order valence-corrected chi connectivity index (χ3v) is 3.33. The molecule has 16 heavy (non-hydrogen) atoms. The Hall–Kier alpha value is -0.800. The highest BCUT2D eigenvalue weighted by atomic mass is 16.3. The van der Waals surface area contributed by atoms with E-state index >= 15 is 0 Å². The molecule has 1 aromatic heterocycles. The van der Waals surface area contributed by atoms with Crippen molar-refractivity contribution >= 4 is 0 Å². The van der Waals surface area contributed by atoms with Crippen molar-refractivity contribution in [3.8, 4) is 0 Å². The molecule has 0 aliphatic heterocycles. The fourth-order valence-electron chi connectivity index (χ4n) is 2.00. The summed E-state index contributed by atoms with van der Waals surface area (Å²) in [5.74, 6) is 0. The Kier molecular flexibility index (Phi) is 4.02. The molecule has 1 fully saturated rings. The van der Waals surface area contributed by atoms with E-state index in [4.69, 9.17) is 4.42 Å². The Morgan fingerprint density at radius 1 is 1.56 bits per heavy atom. The maximum Gasteiger partial charge on any atom is 0.0947 e. The molecule has 0 bridgehead atoms. The van der Waals surface area contributed by atoms with Gasteiger partial charge < -0.3 is 9.73 Å². The number of rotatable bonds is 7. The topological polar surface area (TPSA) is 28.4 Å². The van der Waals surface area contributed by atoms with Gasteiger partial charge in [-0.15, -0.1) is 0 Å². The third-order valence-electron chi connectivity index (χ3n) is 3.33. The molecule has 3 heteroatoms. The predicted octanol–water partition coefficient (Wildman–Crippen LogP) is 2.24. The largest absolute Gasteiger partial charge is 0.472 e. The molecule has 1 aromatic rings. The standard InChI is InChI=1S/C13H22N2O/c1-3-13(8-14-12-4-5-12)15(2)9-11-6-7-16-10-11/h6-7,10,12-14H,3-5,8-9H2,1-2H3. The Morgan fingerprint density at radius 3 is 2.94 bits per heavy atom. The first kappa shape index (κ1) is 11.7. The summed E-state index contributed by atoms with van der Waals surface area (Å²) in [7, 11) is 2.19. The summed E-state index contributed by atoms with van der Waals surface area (Å²) < 4.78 is 5.09. The maximum atomic E-state index is 5.09. The summed E-state index contributed by atoms with van der Waals surface area (Å²) in [5.41, 5.74) is 1.26. The second-order valence-electron chi connectivity index (χ2n) is 4.79. The lowest BCUT2D eigenvalue weighted by Crippen LogP contribution is -2.39. The Balaban J connectivity index is 1.77. The highest BCUT2D eigenvalue weighted by Gasteiger charge is 2.22. The van der Waals surface area contributed by atoms with Crippen molar-refractivity contribution in [2.45, 2.75) is 44.8 Å². The van der Waals surface area contributed by atoms with Gasteiger partial charge in [0.1, 0.15) is 0 Å². The fourth-order valence-corrected chi connectivity index (χ4v) is 2.00. The van der Waals surface area contributed by atoms with Gasteiger partial charge in [-0.3, -0.25) is 4.90 Å². The minimum atomic E-state index is 0.621. The van der Waals surface area contributed by atoms with Crippen molar-refractivity contribution < 1.29 is 4.42 Å². The van der Waals surface area contributed by atoms with Crippen LogP contribution >= 0.6 is 0 Å². The second-order valence-corrected chi connectivity index (χ2v) is 4.79. The van der Waals surface area contributed by atoms with Gasteiger partial charge in [0.05, 0.1) is 12.5 Å². The summed E-state index contributed by atoms with van der Waals surface area (Å²) in [6.07, 6.45) is 7.49. The quantitative estimate of drug-likeness (QED) is 0.767. The number of hydrogen-bond acceptors (Lipinski definition) is 3. The normalized spacial score (nSPS) is 17.9. The van der Waals surface area contributed by atoms with Crippen molar-refractivity contribution in [2.24, 2.45) is 0 Å². The molecule has 1 heterocycles. The number of likely N-dealkylation sites (N-methyl/N-ethyl adjacent to an activating group) is 1. The summed E-state index contributed by atoms with van der Waals surface area (Å²) >= 11 is 0. The molecule has 0 spiro atoms. The number of hydrogen-bond donors (Lipinski definition) is 1. The number of nitrogens with one attached hydrogen (secondary N) is 1. The lowest BCUT2D eigenvalue weighted by atomic mass is 10.2. The van der Waals surface area contributed by atoms with E-state index in [-0.39, 0.29) is 0 Å². The van der Waals surface area contributed by atoms with Crippen molar-refractivity contribution in [3.05, 3.63) is 24.2 Å². The summed E-state index contributed by atoms with van der Waals surface area (Å²) in [6.45, 7) is 4.34. The molecule has 1 atom stereocenters. The van der Waals surface area contributed by atoms with Gasteiger partial charge in [-0.2, -0.15) is 0 Å². The SMILES string of the molecule is CCC(CNC1CC1)N(C)Cc1ccoc1. The summed E-state index contributed by atoms with van der Waals surface area (Å²) in [5, 5.41) is 3.60. The van der Waals surface area contributed by atoms with Gasteiger partial charge in [-0.05, 0) is 32.4 Å². The zero-order chi connectivity index (χ0) is 11.4. The minimum absolute atomic E-state index is 0.621. The number of nitrogens with zero attached hydrogens (tertiary/aromatic N) is 1. The van der Waals surface area contributed by atoms with Crippen LogP contribution in [0.4, 0.5) is 0 Å². The van der Waals surface area contributed by atoms with Gasteiger partial charge >= 0.3 is 0 Å². The summed E-state index contributed by atoms with van der Waals surface area (Å²) in [6, 6.07) is 3.46. The van der Waals surface area contributed by atoms with Crippen molar-refractivity contribution in [2.75, 3.05) is 13.6 Å². The first-order valence-corrected chi connectivity index (χ1v) is 6.24. The first-order valence-electron chi connectivity index (χ1n) is 6.24. The molecule has 0 amide bonds. The maximum absolute atomic E-state index is 5.09. The Morgan fingerprint density at radius 2 is 2.38 bits per heavy atom. The van der Waals surface area contributed by atoms with Gasteiger partial charge in [0.25, 0.3) is 0 Å².